The third-order valence-electron chi connectivity index (χ3n) is 5.81. The Bertz CT molecular complexity index is 641. The summed E-state index contributed by atoms with van der Waals surface area (Å²) in [5, 5.41) is 12.3. The first-order chi connectivity index (χ1) is 13.0. The third kappa shape index (κ3) is 5.30. The minimum Gasteiger partial charge on any atom is -0.480 e. The molecule has 0 bridgehead atoms. The number of likely N-dealkylation sites (N-methyl/N-ethyl adjacent to an activating group) is 1. The van der Waals surface area contributed by atoms with Crippen molar-refractivity contribution in [3.05, 3.63) is 35.9 Å². The SMILES string of the molecule is CCN(C)C(C(=O)NC1CC(N(CC(=O)O)CC2CC2)C1)c1ccccc1. The van der Waals surface area contributed by atoms with Gasteiger partial charge in [-0.3, -0.25) is 19.4 Å². The van der Waals surface area contributed by atoms with Crippen LogP contribution in [0, 0.1) is 5.92 Å². The second-order valence-electron chi connectivity index (χ2n) is 7.98. The molecule has 2 N–H and O–H groups in total. The minimum atomic E-state index is -0.767. The molecule has 6 heteroatoms. The Balaban J connectivity index is 1.55. The molecule has 1 aromatic carbocycles. The zero-order valence-electron chi connectivity index (χ0n) is 16.3. The molecular weight excluding hydrogens is 342 g/mol. The van der Waals surface area contributed by atoms with Crippen LogP contribution in [0.5, 0.6) is 0 Å². The van der Waals surface area contributed by atoms with Gasteiger partial charge in [0.2, 0.25) is 5.91 Å². The van der Waals surface area contributed by atoms with E-state index in [1.807, 2.05) is 49.2 Å². The van der Waals surface area contributed by atoms with Crippen LogP contribution in [0.2, 0.25) is 0 Å². The van der Waals surface area contributed by atoms with Crippen molar-refractivity contribution in [3.8, 4) is 0 Å². The van der Waals surface area contributed by atoms with Crippen LogP contribution in [0.3, 0.4) is 0 Å². The monoisotopic (exact) mass is 373 g/mol. The molecule has 6 nitrogen and oxygen atoms in total. The molecule has 2 aliphatic carbocycles. The van der Waals surface area contributed by atoms with Crippen molar-refractivity contribution < 1.29 is 14.7 Å². The Hall–Kier alpha value is -1.92. The topological polar surface area (TPSA) is 72.9 Å². The van der Waals surface area contributed by atoms with Crippen LogP contribution in [0.15, 0.2) is 30.3 Å². The van der Waals surface area contributed by atoms with E-state index >= 15 is 0 Å². The predicted octanol–water partition coefficient (Wildman–Crippen LogP) is 2.12. The molecule has 1 atom stereocenters. The number of nitrogens with zero attached hydrogens (tertiary/aromatic N) is 2. The van der Waals surface area contributed by atoms with Crippen molar-refractivity contribution in [2.24, 2.45) is 5.92 Å². The number of benzene rings is 1. The van der Waals surface area contributed by atoms with Gasteiger partial charge in [0.1, 0.15) is 6.04 Å². The molecule has 0 saturated heterocycles. The maximum absolute atomic E-state index is 12.9. The highest BCUT2D eigenvalue weighted by atomic mass is 16.4. The van der Waals surface area contributed by atoms with Crippen LogP contribution in [-0.2, 0) is 9.59 Å². The first kappa shape index (κ1) is 19.8. The van der Waals surface area contributed by atoms with Crippen molar-refractivity contribution in [1.29, 1.82) is 0 Å². The second kappa shape index (κ2) is 8.85. The molecule has 3 rings (SSSR count). The van der Waals surface area contributed by atoms with E-state index in [9.17, 15) is 9.59 Å². The molecule has 2 saturated carbocycles. The first-order valence-electron chi connectivity index (χ1n) is 9.99. The number of carboxylic acids is 1. The highest BCUT2D eigenvalue weighted by Gasteiger charge is 2.38. The lowest BCUT2D eigenvalue weighted by Crippen LogP contribution is -2.56. The molecule has 1 aromatic rings. The lowest BCUT2D eigenvalue weighted by molar-refractivity contribution is -0.140. The molecule has 2 fully saturated rings. The fraction of sp³-hybridized carbons (Fsp3) is 0.619. The van der Waals surface area contributed by atoms with Crippen LogP contribution >= 0.6 is 0 Å². The Kier molecular flexibility index (Phi) is 6.50. The number of aliphatic carboxylic acids is 1. The smallest absolute Gasteiger partial charge is 0.317 e. The highest BCUT2D eigenvalue weighted by molar-refractivity contribution is 5.83. The van der Waals surface area contributed by atoms with Gasteiger partial charge in [0.25, 0.3) is 0 Å². The maximum Gasteiger partial charge on any atom is 0.317 e. The number of carbonyl (C=O) groups excluding carboxylic acids is 1. The van der Waals surface area contributed by atoms with Gasteiger partial charge in [-0.1, -0.05) is 37.3 Å². The maximum atomic E-state index is 12.9. The van der Waals surface area contributed by atoms with Crippen molar-refractivity contribution in [2.75, 3.05) is 26.7 Å². The van der Waals surface area contributed by atoms with Crippen LogP contribution in [-0.4, -0.2) is 65.5 Å². The van der Waals surface area contributed by atoms with Gasteiger partial charge in [0.05, 0.1) is 6.54 Å². The van der Waals surface area contributed by atoms with Gasteiger partial charge in [0.15, 0.2) is 0 Å². The molecule has 148 valence electrons. The molecule has 27 heavy (non-hydrogen) atoms. The van der Waals surface area contributed by atoms with E-state index < -0.39 is 5.97 Å². The summed E-state index contributed by atoms with van der Waals surface area (Å²) in [7, 11) is 1.96. The van der Waals surface area contributed by atoms with E-state index in [0.29, 0.717) is 5.92 Å². The normalized spacial score (nSPS) is 23.1. The average molecular weight is 373 g/mol. The third-order valence-corrected chi connectivity index (χ3v) is 5.81. The van der Waals surface area contributed by atoms with Crippen LogP contribution < -0.4 is 5.32 Å². The van der Waals surface area contributed by atoms with Gasteiger partial charge in [-0.25, -0.2) is 0 Å². The Morgan fingerprint density at radius 3 is 2.44 bits per heavy atom. The largest absolute Gasteiger partial charge is 0.480 e. The Labute approximate surface area is 161 Å². The summed E-state index contributed by atoms with van der Waals surface area (Å²) < 4.78 is 0. The molecule has 0 heterocycles. The van der Waals surface area contributed by atoms with Crippen LogP contribution in [0.1, 0.15) is 44.2 Å². The summed E-state index contributed by atoms with van der Waals surface area (Å²) in [6, 6.07) is 9.96. The van der Waals surface area contributed by atoms with Gasteiger partial charge < -0.3 is 10.4 Å². The molecule has 1 amide bonds. The molecular formula is C21H31N3O3. The number of amides is 1. The summed E-state index contributed by atoms with van der Waals surface area (Å²) >= 11 is 0. The van der Waals surface area contributed by atoms with E-state index in [0.717, 1.165) is 31.5 Å². The Morgan fingerprint density at radius 1 is 1.22 bits per heavy atom. The zero-order chi connectivity index (χ0) is 19.4. The van der Waals surface area contributed by atoms with Crippen LogP contribution in [0.25, 0.3) is 0 Å². The van der Waals surface area contributed by atoms with Gasteiger partial charge in [0, 0.05) is 18.6 Å². The zero-order valence-corrected chi connectivity index (χ0v) is 16.3. The number of carboxylic acid groups (broad SMARTS) is 1. The van der Waals surface area contributed by atoms with Crippen molar-refractivity contribution in [2.45, 2.75) is 50.7 Å². The Morgan fingerprint density at radius 2 is 1.89 bits per heavy atom. The van der Waals surface area contributed by atoms with Crippen molar-refractivity contribution in [1.82, 2.24) is 15.1 Å². The second-order valence-corrected chi connectivity index (χ2v) is 7.98. The number of carbonyl (C=O) groups is 2. The molecule has 0 aliphatic heterocycles. The summed E-state index contributed by atoms with van der Waals surface area (Å²) in [4.78, 5) is 28.2. The first-order valence-corrected chi connectivity index (χ1v) is 9.99. The van der Waals surface area contributed by atoms with Gasteiger partial charge in [-0.15, -0.1) is 0 Å². The molecule has 0 spiro atoms. The predicted molar refractivity (Wildman–Crippen MR) is 104 cm³/mol. The van der Waals surface area contributed by atoms with E-state index in [-0.39, 0.29) is 30.6 Å². The lowest BCUT2D eigenvalue weighted by atomic mass is 9.84. The summed E-state index contributed by atoms with van der Waals surface area (Å²) in [5.41, 5.74) is 0.997. The fourth-order valence-electron chi connectivity index (χ4n) is 3.86. The number of nitrogens with one attached hydrogen (secondary N) is 1. The van der Waals surface area contributed by atoms with Gasteiger partial charge in [-0.2, -0.15) is 0 Å². The molecule has 2 aliphatic rings. The quantitative estimate of drug-likeness (QED) is 0.657. The van der Waals surface area contributed by atoms with E-state index in [1.165, 1.54) is 12.8 Å². The average Bonchev–Trinajstić information content (AvgIpc) is 3.41. The van der Waals surface area contributed by atoms with Crippen molar-refractivity contribution >= 4 is 11.9 Å². The molecule has 1 unspecified atom stereocenters. The van der Waals surface area contributed by atoms with E-state index in [2.05, 4.69) is 10.2 Å². The fourth-order valence-corrected chi connectivity index (χ4v) is 3.86. The van der Waals surface area contributed by atoms with Gasteiger partial charge >= 0.3 is 5.97 Å². The summed E-state index contributed by atoms with van der Waals surface area (Å²) in [6.45, 7) is 3.81. The summed E-state index contributed by atoms with van der Waals surface area (Å²) in [6.07, 6.45) is 4.10. The lowest BCUT2D eigenvalue weighted by Gasteiger charge is -2.43. The highest BCUT2D eigenvalue weighted by Crippen LogP contribution is 2.34. The van der Waals surface area contributed by atoms with E-state index in [4.69, 9.17) is 5.11 Å². The molecule has 0 aromatic heterocycles. The van der Waals surface area contributed by atoms with E-state index in [1.54, 1.807) is 0 Å². The number of hydrogen-bond acceptors (Lipinski definition) is 4. The standard InChI is InChI=1S/C21H31N3O3/c1-3-23(2)20(16-7-5-4-6-8-16)21(27)22-17-11-18(12-17)24(14-19(25)26)13-15-9-10-15/h4-8,15,17-18,20H,3,9-14H2,1-2H3,(H,22,27)(H,25,26). The van der Waals surface area contributed by atoms with Gasteiger partial charge in [-0.05, 0) is 50.8 Å². The number of rotatable bonds is 10. The van der Waals surface area contributed by atoms with Crippen molar-refractivity contribution in [3.63, 3.8) is 0 Å². The number of hydrogen-bond donors (Lipinski definition) is 2. The van der Waals surface area contributed by atoms with Crippen LogP contribution in [0.4, 0.5) is 0 Å². The summed E-state index contributed by atoms with van der Waals surface area (Å²) in [5.74, 6) is -0.0727. The molecule has 0 radical (unpaired) electrons. The minimum absolute atomic E-state index is 0.0287.